The van der Waals surface area contributed by atoms with E-state index in [0.29, 0.717) is 13.7 Å². The Hall–Kier alpha value is -0.100. The molecule has 0 saturated carbocycles. The third-order valence-electron chi connectivity index (χ3n) is 1.20. The van der Waals surface area contributed by atoms with E-state index in [4.69, 9.17) is 17.3 Å². The van der Waals surface area contributed by atoms with Crippen LogP contribution in [0, 0.1) is 0 Å². The van der Waals surface area contributed by atoms with Crippen LogP contribution in [0.4, 0.5) is 0 Å². The molecule has 0 aromatic carbocycles. The van der Waals surface area contributed by atoms with Crippen molar-refractivity contribution in [1.29, 1.82) is 0 Å². The number of carbonyl (C=O) groups is 1. The van der Waals surface area contributed by atoms with Gasteiger partial charge in [0.1, 0.15) is 4.34 Å². The van der Waals surface area contributed by atoms with Gasteiger partial charge < -0.3 is 10.8 Å². The molecule has 0 aliphatic rings. The summed E-state index contributed by atoms with van der Waals surface area (Å²) in [5.41, 5.74) is 4.89. The number of aliphatic hydroxyl groups is 1. The summed E-state index contributed by atoms with van der Waals surface area (Å²) in [6, 6.07) is 1.57. The number of halogens is 2. The summed E-state index contributed by atoms with van der Waals surface area (Å²) in [6.45, 7) is 0. The fraction of sp³-hybridized carbons (Fsp3) is 0.167. The highest BCUT2D eigenvalue weighted by Crippen LogP contribution is 2.34. The van der Waals surface area contributed by atoms with E-state index >= 15 is 0 Å². The fourth-order valence-corrected chi connectivity index (χ4v) is 2.37. The monoisotopic (exact) mass is 269 g/mol. The maximum atomic E-state index is 10.5. The third-order valence-corrected chi connectivity index (χ3v) is 3.73. The molecular formula is C6H5BrClNO2S. The Balaban J connectivity index is 2.96. The van der Waals surface area contributed by atoms with E-state index < -0.39 is 12.0 Å². The van der Waals surface area contributed by atoms with E-state index in [1.165, 1.54) is 0 Å². The van der Waals surface area contributed by atoms with Gasteiger partial charge in [-0.1, -0.05) is 11.6 Å². The molecule has 0 bridgehead atoms. The molecule has 0 spiro atoms. The van der Waals surface area contributed by atoms with E-state index in [1.807, 2.05) is 0 Å². The fourth-order valence-electron chi connectivity index (χ4n) is 0.638. The number of aliphatic hydroxyl groups excluding tert-OH is 1. The van der Waals surface area contributed by atoms with Crippen molar-refractivity contribution < 1.29 is 9.90 Å². The molecule has 1 atom stereocenters. The number of nitrogens with two attached hydrogens (primary N) is 1. The Morgan fingerprint density at radius 3 is 2.75 bits per heavy atom. The van der Waals surface area contributed by atoms with E-state index in [0.717, 1.165) is 11.3 Å². The van der Waals surface area contributed by atoms with Crippen LogP contribution in [0.1, 0.15) is 11.0 Å². The molecule has 66 valence electrons. The SMILES string of the molecule is NC(=O)C(O)c1cc(Br)c(Cl)s1. The summed E-state index contributed by atoms with van der Waals surface area (Å²) >= 11 is 9.95. The predicted molar refractivity (Wildman–Crippen MR) is 51.2 cm³/mol. The third kappa shape index (κ3) is 1.98. The Morgan fingerprint density at radius 1 is 1.83 bits per heavy atom. The van der Waals surface area contributed by atoms with Gasteiger partial charge in [0.05, 0.1) is 0 Å². The van der Waals surface area contributed by atoms with Crippen LogP contribution in [0.5, 0.6) is 0 Å². The van der Waals surface area contributed by atoms with Gasteiger partial charge in [0.25, 0.3) is 5.91 Å². The molecule has 0 aliphatic heterocycles. The van der Waals surface area contributed by atoms with Crippen molar-refractivity contribution in [3.63, 3.8) is 0 Å². The molecule has 1 heterocycles. The van der Waals surface area contributed by atoms with Gasteiger partial charge in [0, 0.05) is 9.35 Å². The molecule has 0 saturated heterocycles. The Kier molecular flexibility index (Phi) is 3.11. The lowest BCUT2D eigenvalue weighted by Crippen LogP contribution is -2.19. The summed E-state index contributed by atoms with van der Waals surface area (Å²) < 4.78 is 1.15. The molecule has 1 unspecified atom stereocenters. The van der Waals surface area contributed by atoms with Crippen LogP contribution < -0.4 is 5.73 Å². The van der Waals surface area contributed by atoms with Gasteiger partial charge in [-0.15, -0.1) is 11.3 Å². The summed E-state index contributed by atoms with van der Waals surface area (Å²) in [6.07, 6.45) is -1.27. The molecule has 12 heavy (non-hydrogen) atoms. The summed E-state index contributed by atoms with van der Waals surface area (Å²) in [5, 5.41) is 9.19. The number of primary amides is 1. The lowest BCUT2D eigenvalue weighted by atomic mass is 10.3. The predicted octanol–water partition coefficient (Wildman–Crippen LogP) is 1.68. The smallest absolute Gasteiger partial charge is 0.251 e. The Morgan fingerprint density at radius 2 is 2.42 bits per heavy atom. The first-order valence-electron chi connectivity index (χ1n) is 2.94. The van der Waals surface area contributed by atoms with Crippen LogP contribution >= 0.6 is 38.9 Å². The average molecular weight is 271 g/mol. The topological polar surface area (TPSA) is 63.3 Å². The molecular weight excluding hydrogens is 265 g/mol. The zero-order chi connectivity index (χ0) is 9.30. The molecule has 1 aromatic heterocycles. The highest BCUT2D eigenvalue weighted by Gasteiger charge is 2.17. The van der Waals surface area contributed by atoms with Gasteiger partial charge in [-0.2, -0.15) is 0 Å². The van der Waals surface area contributed by atoms with Crippen LogP contribution in [0.2, 0.25) is 4.34 Å². The number of amides is 1. The second kappa shape index (κ2) is 3.74. The van der Waals surface area contributed by atoms with E-state index in [2.05, 4.69) is 15.9 Å². The lowest BCUT2D eigenvalue weighted by molar-refractivity contribution is -0.126. The number of hydrogen-bond acceptors (Lipinski definition) is 3. The van der Waals surface area contributed by atoms with Crippen LogP contribution in [0.15, 0.2) is 10.5 Å². The normalized spacial score (nSPS) is 12.9. The number of thiophene rings is 1. The Labute approximate surface area is 86.3 Å². The van der Waals surface area contributed by atoms with Gasteiger partial charge in [-0.05, 0) is 22.0 Å². The standard InChI is InChI=1S/C6H5BrClNO2S/c7-2-1-3(12-5(2)8)4(10)6(9)11/h1,4,10H,(H2,9,11). The largest absolute Gasteiger partial charge is 0.378 e. The molecule has 0 fully saturated rings. The van der Waals surface area contributed by atoms with Crippen molar-refractivity contribution >= 4 is 44.8 Å². The average Bonchev–Trinajstić information content (AvgIpc) is 2.30. The number of rotatable bonds is 2. The van der Waals surface area contributed by atoms with Gasteiger partial charge >= 0.3 is 0 Å². The summed E-state index contributed by atoms with van der Waals surface area (Å²) in [5.74, 6) is -0.777. The van der Waals surface area contributed by atoms with Gasteiger partial charge in [0.15, 0.2) is 6.10 Å². The molecule has 3 N–H and O–H groups in total. The summed E-state index contributed by atoms with van der Waals surface area (Å²) in [4.78, 5) is 11.0. The van der Waals surface area contributed by atoms with Crippen LogP contribution in [-0.2, 0) is 4.79 Å². The quantitative estimate of drug-likeness (QED) is 0.859. The molecule has 1 aromatic rings. The van der Waals surface area contributed by atoms with Crippen molar-refractivity contribution in [1.82, 2.24) is 0 Å². The van der Waals surface area contributed by atoms with Crippen molar-refractivity contribution in [2.75, 3.05) is 0 Å². The van der Waals surface area contributed by atoms with Crippen LogP contribution in [0.3, 0.4) is 0 Å². The molecule has 3 nitrogen and oxygen atoms in total. The molecule has 1 amide bonds. The second-order valence-corrected chi connectivity index (χ2v) is 4.62. The summed E-state index contributed by atoms with van der Waals surface area (Å²) in [7, 11) is 0. The first kappa shape index (κ1) is 9.98. The molecule has 0 aliphatic carbocycles. The highest BCUT2D eigenvalue weighted by molar-refractivity contribution is 9.10. The maximum absolute atomic E-state index is 10.5. The van der Waals surface area contributed by atoms with Crippen LogP contribution in [-0.4, -0.2) is 11.0 Å². The van der Waals surface area contributed by atoms with Gasteiger partial charge in [-0.25, -0.2) is 0 Å². The minimum absolute atomic E-state index is 0.444. The zero-order valence-electron chi connectivity index (χ0n) is 5.75. The minimum atomic E-state index is -1.27. The van der Waals surface area contributed by atoms with Crippen molar-refractivity contribution in [2.45, 2.75) is 6.10 Å². The van der Waals surface area contributed by atoms with Crippen molar-refractivity contribution in [2.24, 2.45) is 5.73 Å². The first-order valence-corrected chi connectivity index (χ1v) is 4.93. The molecule has 6 heteroatoms. The first-order chi connectivity index (χ1) is 5.52. The van der Waals surface area contributed by atoms with E-state index in [1.54, 1.807) is 6.07 Å². The van der Waals surface area contributed by atoms with E-state index in [-0.39, 0.29) is 0 Å². The van der Waals surface area contributed by atoms with Crippen molar-refractivity contribution in [3.05, 3.63) is 19.8 Å². The van der Waals surface area contributed by atoms with Gasteiger partial charge in [-0.3, -0.25) is 4.79 Å². The lowest BCUT2D eigenvalue weighted by Gasteiger charge is -2.00. The number of hydrogen-bond donors (Lipinski definition) is 2. The molecule has 1 rings (SSSR count). The van der Waals surface area contributed by atoms with Gasteiger partial charge in [0.2, 0.25) is 0 Å². The van der Waals surface area contributed by atoms with Crippen LogP contribution in [0.25, 0.3) is 0 Å². The minimum Gasteiger partial charge on any atom is -0.378 e. The molecule has 0 radical (unpaired) electrons. The zero-order valence-corrected chi connectivity index (χ0v) is 8.91. The number of carbonyl (C=O) groups excluding carboxylic acids is 1. The van der Waals surface area contributed by atoms with Crippen molar-refractivity contribution in [3.8, 4) is 0 Å². The highest BCUT2D eigenvalue weighted by atomic mass is 79.9. The van der Waals surface area contributed by atoms with E-state index in [9.17, 15) is 9.90 Å². The maximum Gasteiger partial charge on any atom is 0.251 e. The Bertz CT molecular complexity index is 295. The second-order valence-electron chi connectivity index (χ2n) is 2.08.